The molecule has 2 aliphatic rings. The van der Waals surface area contributed by atoms with Crippen LogP contribution in [0.15, 0.2) is 36.4 Å². The van der Waals surface area contributed by atoms with E-state index in [1.807, 2.05) is 36.4 Å². The van der Waals surface area contributed by atoms with E-state index in [0.717, 1.165) is 11.3 Å². The molecule has 6 nitrogen and oxygen atoms in total. The van der Waals surface area contributed by atoms with Crippen molar-refractivity contribution in [3.05, 3.63) is 42.0 Å². The number of hydrogen-bond acceptors (Lipinski definition) is 6. The SMILES string of the molecule is COc1ccc(C2OC[C@@H]3OC(=O)OCC/C=C\C[C@@H]3O2)cc1. The van der Waals surface area contributed by atoms with Crippen LogP contribution in [-0.4, -0.2) is 38.7 Å². The van der Waals surface area contributed by atoms with Crippen molar-refractivity contribution in [2.24, 2.45) is 0 Å². The van der Waals surface area contributed by atoms with Crippen LogP contribution in [0.1, 0.15) is 24.7 Å². The lowest BCUT2D eigenvalue weighted by Crippen LogP contribution is -2.43. The average Bonchev–Trinajstić information content (AvgIpc) is 2.59. The van der Waals surface area contributed by atoms with E-state index in [0.29, 0.717) is 19.4 Å². The van der Waals surface area contributed by atoms with Crippen LogP contribution >= 0.6 is 0 Å². The summed E-state index contributed by atoms with van der Waals surface area (Å²) in [7, 11) is 1.62. The van der Waals surface area contributed by atoms with Gasteiger partial charge in [-0.2, -0.15) is 0 Å². The summed E-state index contributed by atoms with van der Waals surface area (Å²) in [5.41, 5.74) is 0.896. The van der Waals surface area contributed by atoms with Crippen LogP contribution < -0.4 is 4.74 Å². The number of hydrogen-bond donors (Lipinski definition) is 0. The molecule has 1 fully saturated rings. The van der Waals surface area contributed by atoms with Crippen LogP contribution in [0.4, 0.5) is 4.79 Å². The van der Waals surface area contributed by atoms with Gasteiger partial charge in [-0.3, -0.25) is 0 Å². The third-order valence-corrected chi connectivity index (χ3v) is 3.80. The van der Waals surface area contributed by atoms with Crippen LogP contribution in [0.25, 0.3) is 0 Å². The fourth-order valence-corrected chi connectivity index (χ4v) is 2.54. The Morgan fingerprint density at radius 1 is 1.13 bits per heavy atom. The largest absolute Gasteiger partial charge is 0.508 e. The molecule has 0 amide bonds. The van der Waals surface area contributed by atoms with E-state index in [-0.39, 0.29) is 12.7 Å². The molecule has 0 spiro atoms. The zero-order valence-corrected chi connectivity index (χ0v) is 13.0. The molecule has 1 saturated heterocycles. The molecule has 0 saturated carbocycles. The number of methoxy groups -OCH3 is 1. The zero-order valence-electron chi connectivity index (χ0n) is 13.0. The predicted octanol–water partition coefficient (Wildman–Crippen LogP) is 2.98. The number of ether oxygens (including phenoxy) is 5. The van der Waals surface area contributed by atoms with Crippen LogP contribution in [0.3, 0.4) is 0 Å². The summed E-state index contributed by atoms with van der Waals surface area (Å²) in [6.07, 6.45) is 3.44. The third-order valence-electron chi connectivity index (χ3n) is 3.80. The number of fused-ring (bicyclic) bond motifs is 1. The van der Waals surface area contributed by atoms with E-state index in [4.69, 9.17) is 23.7 Å². The van der Waals surface area contributed by atoms with Gasteiger partial charge in [-0.1, -0.05) is 24.3 Å². The maximum atomic E-state index is 11.6. The second kappa shape index (κ2) is 7.48. The Morgan fingerprint density at radius 2 is 1.96 bits per heavy atom. The molecule has 0 radical (unpaired) electrons. The lowest BCUT2D eigenvalue weighted by molar-refractivity contribution is -0.257. The van der Waals surface area contributed by atoms with Crippen LogP contribution in [-0.2, 0) is 18.9 Å². The van der Waals surface area contributed by atoms with Crippen molar-refractivity contribution in [2.75, 3.05) is 20.3 Å². The van der Waals surface area contributed by atoms with Crippen LogP contribution in [0, 0.1) is 0 Å². The highest BCUT2D eigenvalue weighted by molar-refractivity contribution is 5.60. The summed E-state index contributed by atoms with van der Waals surface area (Å²) in [4.78, 5) is 11.6. The Morgan fingerprint density at radius 3 is 2.74 bits per heavy atom. The summed E-state index contributed by atoms with van der Waals surface area (Å²) in [5.74, 6) is 0.773. The van der Waals surface area contributed by atoms with Crippen LogP contribution in [0.5, 0.6) is 5.75 Å². The molecular weight excluding hydrogens is 300 g/mol. The number of benzene rings is 1. The van der Waals surface area contributed by atoms with Crippen molar-refractivity contribution >= 4 is 6.16 Å². The first-order valence-corrected chi connectivity index (χ1v) is 7.65. The second-order valence-electron chi connectivity index (χ2n) is 5.36. The maximum absolute atomic E-state index is 11.6. The molecule has 1 unspecified atom stereocenters. The molecule has 1 aromatic rings. The molecule has 0 bridgehead atoms. The Labute approximate surface area is 134 Å². The molecule has 2 aliphatic heterocycles. The fourth-order valence-electron chi connectivity index (χ4n) is 2.54. The lowest BCUT2D eigenvalue weighted by atomic mass is 10.1. The van der Waals surface area contributed by atoms with Crippen molar-refractivity contribution in [1.29, 1.82) is 0 Å². The van der Waals surface area contributed by atoms with Gasteiger partial charge in [0.25, 0.3) is 0 Å². The first kappa shape index (κ1) is 15.8. The zero-order chi connectivity index (χ0) is 16.1. The van der Waals surface area contributed by atoms with Gasteiger partial charge in [-0.15, -0.1) is 0 Å². The Balaban J connectivity index is 1.70. The minimum Gasteiger partial charge on any atom is -0.497 e. The average molecular weight is 320 g/mol. The van der Waals surface area contributed by atoms with Crippen molar-refractivity contribution in [1.82, 2.24) is 0 Å². The van der Waals surface area contributed by atoms with Crippen molar-refractivity contribution in [3.8, 4) is 5.75 Å². The molecule has 6 heteroatoms. The molecule has 2 heterocycles. The summed E-state index contributed by atoms with van der Waals surface area (Å²) in [6, 6.07) is 7.51. The number of carbonyl (C=O) groups excluding carboxylic acids is 1. The van der Waals surface area contributed by atoms with E-state index in [1.165, 1.54) is 0 Å². The highest BCUT2D eigenvalue weighted by atomic mass is 16.8. The Hall–Kier alpha value is -2.05. The minimum absolute atomic E-state index is 0.266. The van der Waals surface area contributed by atoms with Crippen molar-refractivity contribution in [3.63, 3.8) is 0 Å². The van der Waals surface area contributed by atoms with Gasteiger partial charge in [0.15, 0.2) is 12.4 Å². The summed E-state index contributed by atoms with van der Waals surface area (Å²) >= 11 is 0. The normalized spacial score (nSPS) is 29.6. The van der Waals surface area contributed by atoms with E-state index >= 15 is 0 Å². The van der Waals surface area contributed by atoms with Gasteiger partial charge in [-0.25, -0.2) is 4.79 Å². The molecular formula is C17H20O6. The van der Waals surface area contributed by atoms with Gasteiger partial charge in [0.2, 0.25) is 0 Å². The molecule has 0 N–H and O–H groups in total. The lowest BCUT2D eigenvalue weighted by Gasteiger charge is -2.35. The van der Waals surface area contributed by atoms with Crippen LogP contribution in [0.2, 0.25) is 0 Å². The molecule has 3 rings (SSSR count). The first-order valence-electron chi connectivity index (χ1n) is 7.65. The number of rotatable bonds is 2. The topological polar surface area (TPSA) is 63.2 Å². The monoisotopic (exact) mass is 320 g/mol. The molecule has 23 heavy (non-hydrogen) atoms. The molecule has 0 aliphatic carbocycles. The van der Waals surface area contributed by atoms with Gasteiger partial charge in [0.1, 0.15) is 11.9 Å². The van der Waals surface area contributed by atoms with E-state index in [9.17, 15) is 4.79 Å². The van der Waals surface area contributed by atoms with Gasteiger partial charge in [0, 0.05) is 5.56 Å². The van der Waals surface area contributed by atoms with E-state index < -0.39 is 18.5 Å². The standard InChI is InChI=1S/C17H20O6/c1-19-13-8-6-12(7-9-13)16-21-11-15-14(22-16)5-3-2-4-10-20-17(18)23-15/h2-3,6-9,14-16H,4-5,10-11H2,1H3/b3-2-/t14-,15-,16?/m0/s1. The quantitative estimate of drug-likeness (QED) is 0.616. The Bertz CT molecular complexity index is 553. The second-order valence-corrected chi connectivity index (χ2v) is 5.36. The first-order chi connectivity index (χ1) is 11.3. The fraction of sp³-hybridized carbons (Fsp3) is 0.471. The third kappa shape index (κ3) is 4.03. The summed E-state index contributed by atoms with van der Waals surface area (Å²) < 4.78 is 27.1. The molecule has 0 aromatic heterocycles. The van der Waals surface area contributed by atoms with Gasteiger partial charge < -0.3 is 23.7 Å². The van der Waals surface area contributed by atoms with Gasteiger partial charge >= 0.3 is 6.16 Å². The van der Waals surface area contributed by atoms with Crippen molar-refractivity contribution in [2.45, 2.75) is 31.3 Å². The van der Waals surface area contributed by atoms with E-state index in [2.05, 4.69) is 0 Å². The van der Waals surface area contributed by atoms with Gasteiger partial charge in [0.05, 0.1) is 20.3 Å². The van der Waals surface area contributed by atoms with Crippen molar-refractivity contribution < 1.29 is 28.5 Å². The van der Waals surface area contributed by atoms with Gasteiger partial charge in [-0.05, 0) is 25.0 Å². The molecule has 1 aromatic carbocycles. The maximum Gasteiger partial charge on any atom is 0.508 e. The smallest absolute Gasteiger partial charge is 0.497 e. The minimum atomic E-state index is -0.676. The van der Waals surface area contributed by atoms with E-state index in [1.54, 1.807) is 7.11 Å². The molecule has 3 atom stereocenters. The number of cyclic esters (lactones) is 1. The predicted molar refractivity (Wildman–Crippen MR) is 81.2 cm³/mol. The highest BCUT2D eigenvalue weighted by Gasteiger charge is 2.35. The number of carbonyl (C=O) groups is 1. The summed E-state index contributed by atoms with van der Waals surface area (Å²) in [5, 5.41) is 0. The molecule has 124 valence electrons. The highest BCUT2D eigenvalue weighted by Crippen LogP contribution is 2.30. The Kier molecular flexibility index (Phi) is 5.15. The summed E-state index contributed by atoms with van der Waals surface area (Å²) in [6.45, 7) is 0.590.